The van der Waals surface area contributed by atoms with Crippen LogP contribution in [-0.2, 0) is 4.79 Å². The van der Waals surface area contributed by atoms with Crippen LogP contribution in [0.1, 0.15) is 67.2 Å². The van der Waals surface area contributed by atoms with Gasteiger partial charge in [-0.2, -0.15) is 0 Å². The van der Waals surface area contributed by atoms with Crippen LogP contribution in [0.25, 0.3) is 0 Å². The number of hydrogen-bond acceptors (Lipinski definition) is 5. The summed E-state index contributed by atoms with van der Waals surface area (Å²) in [6, 6.07) is 9.15. The number of carbonyl (C=O) groups excluding carboxylic acids is 2. The van der Waals surface area contributed by atoms with Gasteiger partial charge in [-0.25, -0.2) is 0 Å². The Labute approximate surface area is 146 Å². The van der Waals surface area contributed by atoms with E-state index in [2.05, 4.69) is 29.4 Å². The van der Waals surface area contributed by atoms with Gasteiger partial charge in [-0.3, -0.25) is 9.59 Å². The molecule has 0 aliphatic carbocycles. The van der Waals surface area contributed by atoms with Crippen LogP contribution in [0, 0.1) is 0 Å². The molecule has 6 heteroatoms. The van der Waals surface area contributed by atoms with Gasteiger partial charge in [0.05, 0.1) is 0 Å². The van der Waals surface area contributed by atoms with Crippen LogP contribution in [0.2, 0.25) is 0 Å². The molecule has 0 atom stereocenters. The Morgan fingerprint density at radius 3 is 2.46 bits per heavy atom. The largest absolute Gasteiger partial charge is 0.301 e. The van der Waals surface area contributed by atoms with Crippen molar-refractivity contribution >= 4 is 28.2 Å². The maximum absolute atomic E-state index is 12.0. The Morgan fingerprint density at radius 2 is 1.79 bits per heavy atom. The van der Waals surface area contributed by atoms with E-state index in [-0.39, 0.29) is 11.7 Å². The fourth-order valence-corrected chi connectivity index (χ4v) is 3.47. The number of hydrogen-bond donors (Lipinski definition) is 1. The van der Waals surface area contributed by atoms with Gasteiger partial charge in [0.2, 0.25) is 11.0 Å². The molecular weight excluding hydrogens is 322 g/mol. The van der Waals surface area contributed by atoms with Gasteiger partial charge in [-0.15, -0.1) is 10.2 Å². The van der Waals surface area contributed by atoms with E-state index >= 15 is 0 Å². The number of nitrogens with one attached hydrogen (secondary N) is 1. The summed E-state index contributed by atoms with van der Waals surface area (Å²) in [7, 11) is 0. The molecule has 0 spiro atoms. The zero-order valence-electron chi connectivity index (χ0n) is 14.1. The number of rotatable bonds is 9. The van der Waals surface area contributed by atoms with Gasteiger partial charge in [0.15, 0.2) is 5.78 Å². The second-order valence-corrected chi connectivity index (χ2v) is 6.66. The first-order valence-electron chi connectivity index (χ1n) is 8.35. The first kappa shape index (κ1) is 18.3. The first-order chi connectivity index (χ1) is 11.6. The molecule has 0 saturated carbocycles. The summed E-state index contributed by atoms with van der Waals surface area (Å²) in [5.74, 6) is 0.343. The van der Waals surface area contributed by atoms with Crippen molar-refractivity contribution in [2.75, 3.05) is 5.32 Å². The summed E-state index contributed by atoms with van der Waals surface area (Å²) < 4.78 is 0. The molecule has 0 fully saturated rings. The summed E-state index contributed by atoms with van der Waals surface area (Å²) in [5.41, 5.74) is 0.692. The Hall–Kier alpha value is -2.08. The van der Waals surface area contributed by atoms with E-state index in [1.807, 2.05) is 18.2 Å². The Kier molecular flexibility index (Phi) is 7.06. The van der Waals surface area contributed by atoms with Gasteiger partial charge in [-0.05, 0) is 19.3 Å². The zero-order chi connectivity index (χ0) is 17.4. The predicted octanol–water partition coefficient (Wildman–Crippen LogP) is 4.43. The summed E-state index contributed by atoms with van der Waals surface area (Å²) in [5, 5.41) is 12.5. The molecule has 1 N–H and O–H groups in total. The maximum atomic E-state index is 12.0. The fraction of sp³-hybridized carbons (Fsp3) is 0.444. The summed E-state index contributed by atoms with van der Waals surface area (Å²) in [6.45, 7) is 4.25. The number of nitrogens with zero attached hydrogens (tertiary/aromatic N) is 2. The number of Topliss-reactive ketones (excluding diaryl/α,β-unsaturated/α-hetero) is 1. The zero-order valence-corrected chi connectivity index (χ0v) is 14.9. The molecule has 0 bridgehead atoms. The smallest absolute Gasteiger partial charge is 0.226 e. The van der Waals surface area contributed by atoms with Crippen LogP contribution in [0.15, 0.2) is 30.3 Å². The highest BCUT2D eigenvalue weighted by Gasteiger charge is 2.14. The molecule has 2 rings (SSSR count). The first-order valence-corrected chi connectivity index (χ1v) is 9.17. The van der Waals surface area contributed by atoms with Crippen LogP contribution in [0.5, 0.6) is 0 Å². The Morgan fingerprint density at radius 1 is 1.08 bits per heavy atom. The molecule has 5 nitrogen and oxygen atoms in total. The second-order valence-electron chi connectivity index (χ2n) is 5.65. The van der Waals surface area contributed by atoms with Crippen molar-refractivity contribution in [3.63, 3.8) is 0 Å². The lowest BCUT2D eigenvalue weighted by atomic mass is 10.1. The number of aromatic nitrogens is 2. The van der Waals surface area contributed by atoms with Crippen molar-refractivity contribution in [3.05, 3.63) is 40.9 Å². The van der Waals surface area contributed by atoms with Crippen molar-refractivity contribution in [1.29, 1.82) is 0 Å². The molecule has 0 radical (unpaired) electrons. The van der Waals surface area contributed by atoms with Crippen LogP contribution >= 0.6 is 11.3 Å². The fourth-order valence-electron chi connectivity index (χ4n) is 2.45. The minimum absolute atomic E-state index is 0.0651. The average molecular weight is 345 g/mol. The van der Waals surface area contributed by atoms with Gasteiger partial charge in [0.1, 0.15) is 5.01 Å². The highest BCUT2D eigenvalue weighted by atomic mass is 32.1. The second kappa shape index (κ2) is 9.27. The number of amides is 1. The predicted molar refractivity (Wildman–Crippen MR) is 96.5 cm³/mol. The van der Waals surface area contributed by atoms with Crippen molar-refractivity contribution in [2.45, 2.75) is 51.9 Å². The highest BCUT2D eigenvalue weighted by Crippen LogP contribution is 2.28. The highest BCUT2D eigenvalue weighted by molar-refractivity contribution is 7.15. The third-order valence-corrected chi connectivity index (χ3v) is 4.93. The van der Waals surface area contributed by atoms with E-state index in [9.17, 15) is 9.59 Å². The van der Waals surface area contributed by atoms with Crippen molar-refractivity contribution in [2.24, 2.45) is 0 Å². The lowest BCUT2D eigenvalue weighted by Gasteiger charge is -2.05. The molecule has 1 amide bonds. The minimum atomic E-state index is -0.122. The quantitative estimate of drug-likeness (QED) is 0.682. The number of anilines is 1. The Bertz CT molecular complexity index is 666. The van der Waals surface area contributed by atoms with Gasteiger partial charge in [0, 0.05) is 24.3 Å². The number of ketones is 1. The summed E-state index contributed by atoms with van der Waals surface area (Å²) in [4.78, 5) is 23.9. The average Bonchev–Trinajstić information content (AvgIpc) is 3.05. The monoisotopic (exact) mass is 345 g/mol. The third-order valence-electron chi connectivity index (χ3n) is 3.93. The van der Waals surface area contributed by atoms with E-state index in [0.29, 0.717) is 35.9 Å². The van der Waals surface area contributed by atoms with Crippen LogP contribution in [0.3, 0.4) is 0 Å². The Balaban J connectivity index is 1.76. The molecule has 1 aromatic carbocycles. The topological polar surface area (TPSA) is 72.0 Å². The van der Waals surface area contributed by atoms with Crippen molar-refractivity contribution in [3.8, 4) is 0 Å². The molecular formula is C18H23N3O2S. The summed E-state index contributed by atoms with van der Waals surface area (Å²) >= 11 is 1.43. The van der Waals surface area contributed by atoms with Crippen LogP contribution in [0.4, 0.5) is 5.13 Å². The molecule has 0 unspecified atom stereocenters. The summed E-state index contributed by atoms with van der Waals surface area (Å²) in [6.07, 6.45) is 3.23. The molecule has 2 aromatic rings. The van der Waals surface area contributed by atoms with Gasteiger partial charge in [0.25, 0.3) is 0 Å². The normalized spacial score (nSPS) is 10.8. The standard InChI is InChI=1S/C18H23N3O2S/c1-3-13(4-2)17-20-21-18(24-17)19-16(23)12-8-11-15(22)14-9-6-5-7-10-14/h5-7,9-10,13H,3-4,8,11-12H2,1-2H3,(H,19,21,23). The van der Waals surface area contributed by atoms with E-state index in [0.717, 1.165) is 17.8 Å². The number of carbonyl (C=O) groups is 2. The third kappa shape index (κ3) is 5.23. The van der Waals surface area contributed by atoms with E-state index in [4.69, 9.17) is 0 Å². The molecule has 1 heterocycles. The molecule has 0 saturated heterocycles. The number of benzene rings is 1. The SMILES string of the molecule is CCC(CC)c1nnc(NC(=O)CCCC(=O)c2ccccc2)s1. The van der Waals surface area contributed by atoms with Crippen molar-refractivity contribution < 1.29 is 9.59 Å². The molecule has 24 heavy (non-hydrogen) atoms. The van der Waals surface area contributed by atoms with Gasteiger partial charge in [-0.1, -0.05) is 55.5 Å². The van der Waals surface area contributed by atoms with Crippen LogP contribution in [-0.4, -0.2) is 21.9 Å². The molecule has 128 valence electrons. The lowest BCUT2D eigenvalue weighted by Crippen LogP contribution is -2.11. The molecule has 0 aliphatic heterocycles. The van der Waals surface area contributed by atoms with Crippen molar-refractivity contribution in [1.82, 2.24) is 10.2 Å². The molecule has 0 aliphatic rings. The van der Waals surface area contributed by atoms with E-state index in [1.165, 1.54) is 11.3 Å². The van der Waals surface area contributed by atoms with Gasteiger partial charge < -0.3 is 5.32 Å². The maximum Gasteiger partial charge on any atom is 0.226 e. The lowest BCUT2D eigenvalue weighted by molar-refractivity contribution is -0.116. The molecule has 1 aromatic heterocycles. The van der Waals surface area contributed by atoms with E-state index < -0.39 is 0 Å². The van der Waals surface area contributed by atoms with Gasteiger partial charge >= 0.3 is 0 Å². The van der Waals surface area contributed by atoms with Crippen LogP contribution < -0.4 is 5.32 Å². The van der Waals surface area contributed by atoms with E-state index in [1.54, 1.807) is 12.1 Å². The minimum Gasteiger partial charge on any atom is -0.301 e.